The third-order valence-electron chi connectivity index (χ3n) is 4.04. The van der Waals surface area contributed by atoms with Gasteiger partial charge < -0.3 is 15.2 Å². The number of tetrazole rings is 1. The topological polar surface area (TPSA) is 140 Å². The van der Waals surface area contributed by atoms with Crippen LogP contribution in [0.15, 0.2) is 16.4 Å². The van der Waals surface area contributed by atoms with Gasteiger partial charge in [0.25, 0.3) is 0 Å². The van der Waals surface area contributed by atoms with Crippen molar-refractivity contribution in [2.24, 2.45) is 7.05 Å². The van der Waals surface area contributed by atoms with E-state index in [2.05, 4.69) is 20.8 Å². The lowest BCUT2D eigenvalue weighted by Crippen LogP contribution is -2.56. The summed E-state index contributed by atoms with van der Waals surface area (Å²) in [5.41, 5.74) is -0.906. The first-order valence-electron chi connectivity index (χ1n) is 8.65. The van der Waals surface area contributed by atoms with Crippen LogP contribution in [-0.2, 0) is 26.2 Å². The zero-order chi connectivity index (χ0) is 21.1. The van der Waals surface area contributed by atoms with Gasteiger partial charge in [-0.05, 0) is 16.2 Å². The largest absolute Gasteiger partial charge is 0.477 e. The third-order valence-corrected chi connectivity index (χ3v) is 7.30. The fraction of sp³-hybridized carbons (Fsp3) is 0.600. The number of carboxylic acid groups (broad SMARTS) is 1. The number of nitrogens with zero attached hydrogens (tertiary/aromatic N) is 5. The van der Waals surface area contributed by atoms with Gasteiger partial charge in [-0.3, -0.25) is 14.5 Å². The highest BCUT2D eigenvalue weighted by Gasteiger charge is 2.49. The molecule has 0 radical (unpaired) electrons. The van der Waals surface area contributed by atoms with Crippen molar-refractivity contribution in [3.05, 3.63) is 11.3 Å². The number of hydrogen-bond donors (Lipinski definition) is 2. The second kappa shape index (κ2) is 9.36. The lowest BCUT2D eigenvalue weighted by molar-refractivity contribution is -0.146. The number of hydrogen-bond acceptors (Lipinski definition) is 10. The molecule has 2 aliphatic rings. The summed E-state index contributed by atoms with van der Waals surface area (Å²) in [6.45, 7) is 3.32. The number of amides is 2. The molecule has 158 valence electrons. The van der Waals surface area contributed by atoms with Crippen LogP contribution in [0.2, 0.25) is 0 Å². The second-order valence-electron chi connectivity index (χ2n) is 6.07. The van der Waals surface area contributed by atoms with Gasteiger partial charge in [-0.15, -0.1) is 16.9 Å². The Kier molecular flexibility index (Phi) is 7.08. The first-order valence-corrected chi connectivity index (χ1v) is 11.6. The molecule has 3 heterocycles. The highest BCUT2D eigenvalue weighted by Crippen LogP contribution is 2.46. The number of aryl methyl sites for hydroxylation is 1. The van der Waals surface area contributed by atoms with Gasteiger partial charge in [0.2, 0.25) is 17.0 Å². The van der Waals surface area contributed by atoms with Gasteiger partial charge >= 0.3 is 5.97 Å². The van der Waals surface area contributed by atoms with Gasteiger partial charge in [-0.1, -0.05) is 30.4 Å². The number of nitrogens with one attached hydrogen (secondary N) is 1. The van der Waals surface area contributed by atoms with Crippen molar-refractivity contribution in [3.63, 3.8) is 0 Å². The zero-order valence-corrected chi connectivity index (χ0v) is 18.3. The molecular formula is C15H20N6O5S3. The van der Waals surface area contributed by atoms with Crippen molar-refractivity contribution < 1.29 is 24.2 Å². The Bertz CT molecular complexity index is 846. The SMILES string of the molecule is CCSC(NC(C)=O)OC1S[C@@H]2CC(=O)N2C(C(=O)O)=C1CSc1nnnn1C. The smallest absolute Gasteiger partial charge is 0.352 e. The van der Waals surface area contributed by atoms with Gasteiger partial charge in [-0.25, -0.2) is 9.48 Å². The Morgan fingerprint density at radius 1 is 1.48 bits per heavy atom. The summed E-state index contributed by atoms with van der Waals surface area (Å²) in [6, 6.07) is 0. The zero-order valence-electron chi connectivity index (χ0n) is 15.9. The van der Waals surface area contributed by atoms with E-state index in [1.807, 2.05) is 6.92 Å². The van der Waals surface area contributed by atoms with Gasteiger partial charge in [0.1, 0.15) is 11.1 Å². The quantitative estimate of drug-likeness (QED) is 0.302. The molecule has 2 N–H and O–H groups in total. The highest BCUT2D eigenvalue weighted by atomic mass is 32.2. The van der Waals surface area contributed by atoms with E-state index in [1.165, 1.54) is 51.8 Å². The first kappa shape index (κ1) is 21.9. The molecule has 0 aliphatic carbocycles. The Morgan fingerprint density at radius 2 is 2.24 bits per heavy atom. The Balaban J connectivity index is 1.90. The molecule has 11 nitrogen and oxygen atoms in total. The van der Waals surface area contributed by atoms with Crippen LogP contribution in [0.3, 0.4) is 0 Å². The maximum absolute atomic E-state index is 12.1. The molecule has 2 unspecified atom stereocenters. The van der Waals surface area contributed by atoms with Crippen LogP contribution in [0.4, 0.5) is 0 Å². The lowest BCUT2D eigenvalue weighted by Gasteiger charge is -2.46. The molecule has 1 fully saturated rings. The van der Waals surface area contributed by atoms with E-state index in [1.54, 1.807) is 7.05 Å². The molecule has 2 aliphatic heterocycles. The molecule has 1 saturated heterocycles. The maximum Gasteiger partial charge on any atom is 0.352 e. The number of thioether (sulfide) groups is 3. The number of carboxylic acids is 1. The number of fused-ring (bicyclic) bond motifs is 1. The fourth-order valence-corrected chi connectivity index (χ4v) is 5.99. The molecule has 0 aromatic carbocycles. The van der Waals surface area contributed by atoms with Gasteiger partial charge in [0.15, 0.2) is 5.56 Å². The molecule has 1 aromatic heterocycles. The van der Waals surface area contributed by atoms with Crippen molar-refractivity contribution in [2.75, 3.05) is 11.5 Å². The number of aromatic nitrogens is 4. The molecule has 3 rings (SSSR count). The van der Waals surface area contributed by atoms with Crippen LogP contribution < -0.4 is 5.32 Å². The average molecular weight is 461 g/mol. The fourth-order valence-electron chi connectivity index (χ4n) is 2.78. The third kappa shape index (κ3) is 4.87. The van der Waals surface area contributed by atoms with Crippen LogP contribution in [0.25, 0.3) is 0 Å². The van der Waals surface area contributed by atoms with Crippen molar-refractivity contribution in [3.8, 4) is 0 Å². The lowest BCUT2D eigenvalue weighted by atomic mass is 10.1. The van der Waals surface area contributed by atoms with E-state index in [-0.39, 0.29) is 35.1 Å². The summed E-state index contributed by atoms with van der Waals surface area (Å²) in [6.07, 6.45) is 0.251. The van der Waals surface area contributed by atoms with Crippen LogP contribution in [0.1, 0.15) is 20.3 Å². The van der Waals surface area contributed by atoms with Crippen molar-refractivity contribution in [2.45, 2.75) is 41.8 Å². The summed E-state index contributed by atoms with van der Waals surface area (Å²) in [5.74, 6) is -0.764. The highest BCUT2D eigenvalue weighted by molar-refractivity contribution is 8.01. The number of rotatable bonds is 9. The van der Waals surface area contributed by atoms with Gasteiger partial charge in [-0.2, -0.15) is 0 Å². The van der Waals surface area contributed by atoms with E-state index in [4.69, 9.17) is 4.74 Å². The number of β-lactam (4-membered cyclic amide) rings is 1. The molecule has 0 bridgehead atoms. The number of carbonyl (C=O) groups is 3. The Labute approximate surface area is 179 Å². The average Bonchev–Trinajstić information content (AvgIpc) is 3.04. The van der Waals surface area contributed by atoms with Crippen LogP contribution in [-0.4, -0.2) is 75.9 Å². The van der Waals surface area contributed by atoms with Crippen molar-refractivity contribution >= 4 is 53.1 Å². The Morgan fingerprint density at radius 3 is 2.79 bits per heavy atom. The normalized spacial score (nSPS) is 22.2. The number of ether oxygens (including phenoxy) is 1. The summed E-state index contributed by atoms with van der Waals surface area (Å²) in [4.78, 5) is 36.9. The van der Waals surface area contributed by atoms with Crippen LogP contribution in [0.5, 0.6) is 0 Å². The van der Waals surface area contributed by atoms with E-state index < -0.39 is 17.0 Å². The first-order chi connectivity index (χ1) is 13.8. The number of carbonyl (C=O) groups excluding carboxylic acids is 2. The predicted octanol–water partition coefficient (Wildman–Crippen LogP) is 0.462. The number of aliphatic carboxylic acids is 1. The van der Waals surface area contributed by atoms with E-state index in [9.17, 15) is 19.5 Å². The minimum absolute atomic E-state index is 0.0688. The van der Waals surface area contributed by atoms with Crippen molar-refractivity contribution in [1.29, 1.82) is 0 Å². The minimum atomic E-state index is -1.19. The molecule has 0 saturated carbocycles. The standard InChI is InChI=1S/C15H20N6O5S3/c1-4-27-15(16-7(2)22)26-13-8(6-28-14-17-18-19-20(14)3)11(12(24)25)21-9(23)5-10(21)29-13/h10,13,15H,4-6H2,1-3H3,(H,16,22)(H,24,25)/t10-,13?,15?/m1/s1. The van der Waals surface area contributed by atoms with Gasteiger partial charge in [0, 0.05) is 25.3 Å². The molecule has 14 heteroatoms. The van der Waals surface area contributed by atoms with E-state index in [0.717, 1.165) is 0 Å². The minimum Gasteiger partial charge on any atom is -0.477 e. The molecule has 29 heavy (non-hydrogen) atoms. The van der Waals surface area contributed by atoms with E-state index >= 15 is 0 Å². The molecule has 0 spiro atoms. The second-order valence-corrected chi connectivity index (χ2v) is 9.59. The van der Waals surface area contributed by atoms with E-state index in [0.29, 0.717) is 16.5 Å². The Hall–Kier alpha value is -1.77. The molecule has 1 aromatic rings. The predicted molar refractivity (Wildman–Crippen MR) is 108 cm³/mol. The van der Waals surface area contributed by atoms with Crippen LogP contribution in [0, 0.1) is 0 Å². The summed E-state index contributed by atoms with van der Waals surface area (Å²) >= 11 is 4.00. The maximum atomic E-state index is 12.1. The van der Waals surface area contributed by atoms with Crippen LogP contribution >= 0.6 is 35.3 Å². The monoisotopic (exact) mass is 460 g/mol. The molecule has 2 amide bonds. The molecular weight excluding hydrogens is 440 g/mol. The summed E-state index contributed by atoms with van der Waals surface area (Å²) < 4.78 is 7.56. The van der Waals surface area contributed by atoms with Crippen molar-refractivity contribution in [1.82, 2.24) is 30.4 Å². The summed E-state index contributed by atoms with van der Waals surface area (Å²) in [7, 11) is 1.68. The van der Waals surface area contributed by atoms with Gasteiger partial charge in [0.05, 0.1) is 11.8 Å². The molecule has 3 atom stereocenters. The summed E-state index contributed by atoms with van der Waals surface area (Å²) in [5, 5.41) is 24.0.